The van der Waals surface area contributed by atoms with Gasteiger partial charge in [-0.1, -0.05) is 6.07 Å². The Labute approximate surface area is 109 Å². The van der Waals surface area contributed by atoms with Crippen molar-refractivity contribution in [1.29, 1.82) is 0 Å². The zero-order valence-electron chi connectivity index (χ0n) is 11.4. The Kier molecular flexibility index (Phi) is 4.96. The molecule has 2 rings (SSSR count). The van der Waals surface area contributed by atoms with Gasteiger partial charge in [0, 0.05) is 39.1 Å². The summed E-state index contributed by atoms with van der Waals surface area (Å²) in [5, 5.41) is 3.16. The Bertz CT molecular complexity index is 362. The number of pyridine rings is 1. The van der Waals surface area contributed by atoms with E-state index in [0.29, 0.717) is 0 Å². The van der Waals surface area contributed by atoms with E-state index >= 15 is 0 Å². The molecule has 1 saturated heterocycles. The molecule has 0 saturated carbocycles. The Morgan fingerprint density at radius 3 is 2.89 bits per heavy atom. The Balaban J connectivity index is 1.87. The van der Waals surface area contributed by atoms with Gasteiger partial charge in [-0.15, -0.1) is 0 Å². The first kappa shape index (κ1) is 13.3. The fourth-order valence-electron chi connectivity index (χ4n) is 2.58. The minimum absolute atomic E-state index is 0.740. The van der Waals surface area contributed by atoms with Gasteiger partial charge in [-0.3, -0.25) is 4.90 Å². The molecule has 18 heavy (non-hydrogen) atoms. The van der Waals surface area contributed by atoms with Crippen LogP contribution in [-0.4, -0.2) is 43.7 Å². The summed E-state index contributed by atoms with van der Waals surface area (Å²) >= 11 is 0. The van der Waals surface area contributed by atoms with Crippen LogP contribution >= 0.6 is 0 Å². The third kappa shape index (κ3) is 3.43. The summed E-state index contributed by atoms with van der Waals surface area (Å²) in [6.07, 6.45) is 4.31. The zero-order chi connectivity index (χ0) is 12.8. The van der Waals surface area contributed by atoms with Crippen molar-refractivity contribution in [2.24, 2.45) is 5.92 Å². The van der Waals surface area contributed by atoms with Crippen molar-refractivity contribution < 1.29 is 4.74 Å². The van der Waals surface area contributed by atoms with E-state index in [1.807, 2.05) is 19.3 Å². The lowest BCUT2D eigenvalue weighted by Crippen LogP contribution is -2.34. The Morgan fingerprint density at radius 1 is 1.44 bits per heavy atom. The second-order valence-corrected chi connectivity index (χ2v) is 4.94. The number of aromatic nitrogens is 1. The normalized spacial score (nSPS) is 17.9. The third-order valence-electron chi connectivity index (χ3n) is 3.63. The average Bonchev–Trinajstić information content (AvgIpc) is 2.42. The van der Waals surface area contributed by atoms with Crippen molar-refractivity contribution in [3.05, 3.63) is 23.9 Å². The highest BCUT2D eigenvalue weighted by atomic mass is 16.5. The van der Waals surface area contributed by atoms with Crippen LogP contribution < -0.4 is 5.32 Å². The number of piperidine rings is 1. The molecule has 1 aliphatic rings. The Morgan fingerprint density at radius 2 is 2.22 bits per heavy atom. The molecule has 0 unspecified atom stereocenters. The molecule has 4 heteroatoms. The molecule has 4 nitrogen and oxygen atoms in total. The van der Waals surface area contributed by atoms with Crippen LogP contribution in [-0.2, 0) is 11.3 Å². The number of hydrogen-bond acceptors (Lipinski definition) is 4. The van der Waals surface area contributed by atoms with Crippen LogP contribution in [0.2, 0.25) is 0 Å². The topological polar surface area (TPSA) is 37.4 Å². The molecule has 1 N–H and O–H groups in total. The first-order chi connectivity index (χ1) is 8.83. The van der Waals surface area contributed by atoms with Crippen LogP contribution in [0.5, 0.6) is 0 Å². The summed E-state index contributed by atoms with van der Waals surface area (Å²) in [6.45, 7) is 4.21. The van der Waals surface area contributed by atoms with Crippen molar-refractivity contribution >= 4 is 5.82 Å². The van der Waals surface area contributed by atoms with Crippen molar-refractivity contribution in [3.63, 3.8) is 0 Å². The number of nitrogens with one attached hydrogen (secondary N) is 1. The number of ether oxygens (including phenoxy) is 1. The van der Waals surface area contributed by atoms with Crippen molar-refractivity contribution in [1.82, 2.24) is 9.88 Å². The lowest BCUT2D eigenvalue weighted by Gasteiger charge is -2.31. The van der Waals surface area contributed by atoms with Crippen LogP contribution in [0.4, 0.5) is 5.82 Å². The first-order valence-electron chi connectivity index (χ1n) is 6.66. The molecule has 0 atom stereocenters. The molecule has 0 bridgehead atoms. The summed E-state index contributed by atoms with van der Waals surface area (Å²) in [4.78, 5) is 6.85. The summed E-state index contributed by atoms with van der Waals surface area (Å²) in [6, 6.07) is 4.16. The molecule has 100 valence electrons. The predicted octanol–water partition coefficient (Wildman–Crippen LogP) is 1.98. The maximum Gasteiger partial charge on any atom is 0.130 e. The van der Waals surface area contributed by atoms with Crippen LogP contribution in [0, 0.1) is 5.92 Å². The molecular weight excluding hydrogens is 226 g/mol. The monoisotopic (exact) mass is 249 g/mol. The molecule has 2 heterocycles. The highest BCUT2D eigenvalue weighted by Crippen LogP contribution is 2.21. The second kappa shape index (κ2) is 6.71. The number of likely N-dealkylation sites (tertiary alicyclic amines) is 1. The predicted molar refractivity (Wildman–Crippen MR) is 73.7 cm³/mol. The average molecular weight is 249 g/mol. The van der Waals surface area contributed by atoms with E-state index in [-0.39, 0.29) is 0 Å². The van der Waals surface area contributed by atoms with Gasteiger partial charge < -0.3 is 10.1 Å². The molecule has 1 aliphatic heterocycles. The zero-order valence-corrected chi connectivity index (χ0v) is 11.4. The summed E-state index contributed by atoms with van der Waals surface area (Å²) in [5.74, 6) is 1.74. The molecule has 1 aromatic heterocycles. The van der Waals surface area contributed by atoms with E-state index in [1.54, 1.807) is 7.11 Å². The highest BCUT2D eigenvalue weighted by Gasteiger charge is 2.19. The smallest absolute Gasteiger partial charge is 0.130 e. The summed E-state index contributed by atoms with van der Waals surface area (Å²) in [5.41, 5.74) is 1.28. The minimum atomic E-state index is 0.740. The number of anilines is 1. The van der Waals surface area contributed by atoms with Crippen molar-refractivity contribution in [3.8, 4) is 0 Å². The summed E-state index contributed by atoms with van der Waals surface area (Å²) in [7, 11) is 3.72. The van der Waals surface area contributed by atoms with Gasteiger partial charge in [0.1, 0.15) is 5.82 Å². The number of methoxy groups -OCH3 is 1. The van der Waals surface area contributed by atoms with E-state index in [0.717, 1.165) is 38.0 Å². The van der Waals surface area contributed by atoms with Gasteiger partial charge in [0.15, 0.2) is 0 Å². The van der Waals surface area contributed by atoms with Crippen LogP contribution in [0.25, 0.3) is 0 Å². The standard InChI is InChI=1S/C14H23N3O/c1-15-14-13(4-3-7-16-14)10-17-8-5-12(6-9-17)11-18-2/h3-4,7,12H,5-6,8-11H2,1-2H3,(H,15,16). The van der Waals surface area contributed by atoms with Crippen LogP contribution in [0.15, 0.2) is 18.3 Å². The quantitative estimate of drug-likeness (QED) is 0.866. The van der Waals surface area contributed by atoms with Crippen LogP contribution in [0.1, 0.15) is 18.4 Å². The Hall–Kier alpha value is -1.13. The molecule has 1 aromatic rings. The number of rotatable bonds is 5. The van der Waals surface area contributed by atoms with E-state index in [4.69, 9.17) is 4.74 Å². The SMILES string of the molecule is CNc1ncccc1CN1CCC(COC)CC1. The van der Waals surface area contributed by atoms with E-state index in [9.17, 15) is 0 Å². The second-order valence-electron chi connectivity index (χ2n) is 4.94. The molecule has 0 aromatic carbocycles. The molecule has 0 aliphatic carbocycles. The fraction of sp³-hybridized carbons (Fsp3) is 0.643. The molecule has 0 amide bonds. The van der Waals surface area contributed by atoms with E-state index in [1.165, 1.54) is 18.4 Å². The lowest BCUT2D eigenvalue weighted by atomic mass is 9.97. The minimum Gasteiger partial charge on any atom is -0.384 e. The van der Waals surface area contributed by atoms with E-state index in [2.05, 4.69) is 21.3 Å². The summed E-state index contributed by atoms with van der Waals surface area (Å²) < 4.78 is 5.23. The highest BCUT2D eigenvalue weighted by molar-refractivity contribution is 5.42. The third-order valence-corrected chi connectivity index (χ3v) is 3.63. The van der Waals surface area contributed by atoms with Gasteiger partial charge in [-0.2, -0.15) is 0 Å². The fourth-order valence-corrected chi connectivity index (χ4v) is 2.58. The van der Waals surface area contributed by atoms with Gasteiger partial charge >= 0.3 is 0 Å². The molecule has 0 radical (unpaired) electrons. The number of hydrogen-bond donors (Lipinski definition) is 1. The maximum atomic E-state index is 5.23. The van der Waals surface area contributed by atoms with Crippen LogP contribution in [0.3, 0.4) is 0 Å². The van der Waals surface area contributed by atoms with Gasteiger partial charge in [0.05, 0.1) is 0 Å². The molecular formula is C14H23N3O. The lowest BCUT2D eigenvalue weighted by molar-refractivity contribution is 0.0968. The molecule has 1 fully saturated rings. The van der Waals surface area contributed by atoms with Gasteiger partial charge in [0.25, 0.3) is 0 Å². The van der Waals surface area contributed by atoms with Gasteiger partial charge in [-0.05, 0) is 37.9 Å². The van der Waals surface area contributed by atoms with Crippen molar-refractivity contribution in [2.75, 3.05) is 39.2 Å². The number of nitrogens with zero attached hydrogens (tertiary/aromatic N) is 2. The van der Waals surface area contributed by atoms with Gasteiger partial charge in [-0.25, -0.2) is 4.98 Å². The first-order valence-corrected chi connectivity index (χ1v) is 6.66. The molecule has 0 spiro atoms. The van der Waals surface area contributed by atoms with Gasteiger partial charge in [0.2, 0.25) is 0 Å². The van der Waals surface area contributed by atoms with Crippen molar-refractivity contribution in [2.45, 2.75) is 19.4 Å². The largest absolute Gasteiger partial charge is 0.384 e. The van der Waals surface area contributed by atoms with E-state index < -0.39 is 0 Å². The maximum absolute atomic E-state index is 5.23.